The van der Waals surface area contributed by atoms with Gasteiger partial charge in [0.1, 0.15) is 0 Å². The number of aryl methyl sites for hydroxylation is 1. The van der Waals surface area contributed by atoms with Crippen molar-refractivity contribution in [2.45, 2.75) is 44.8 Å². The van der Waals surface area contributed by atoms with Gasteiger partial charge in [-0.2, -0.15) is 0 Å². The molecule has 0 aliphatic heterocycles. The van der Waals surface area contributed by atoms with Crippen LogP contribution in [0.4, 0.5) is 5.13 Å². The number of nitrogens with zero attached hydrogens (tertiary/aromatic N) is 3. The highest BCUT2D eigenvalue weighted by Crippen LogP contribution is 2.25. The van der Waals surface area contributed by atoms with E-state index >= 15 is 0 Å². The molecule has 0 amide bonds. The molecule has 17 heavy (non-hydrogen) atoms. The molecule has 92 valence electrons. The third-order valence-electron chi connectivity index (χ3n) is 3.19. The first kappa shape index (κ1) is 11.0. The molecule has 1 aliphatic carbocycles. The summed E-state index contributed by atoms with van der Waals surface area (Å²) in [5.74, 6) is 0. The van der Waals surface area contributed by atoms with Crippen LogP contribution >= 0.6 is 11.3 Å². The summed E-state index contributed by atoms with van der Waals surface area (Å²) >= 11 is 1.58. The van der Waals surface area contributed by atoms with Crippen LogP contribution < -0.4 is 5.32 Å². The van der Waals surface area contributed by atoms with Crippen LogP contribution in [0.5, 0.6) is 0 Å². The number of nitrogens with one attached hydrogen (secondary N) is 1. The number of hydrogen-bond acceptors (Lipinski definition) is 5. The van der Waals surface area contributed by atoms with Crippen LogP contribution in [0.2, 0.25) is 0 Å². The summed E-state index contributed by atoms with van der Waals surface area (Å²) in [6.45, 7) is 1.97. The predicted octanol–water partition coefficient (Wildman–Crippen LogP) is 1.81. The van der Waals surface area contributed by atoms with Gasteiger partial charge in [-0.1, -0.05) is 11.3 Å². The van der Waals surface area contributed by atoms with Crippen LogP contribution in [0, 0.1) is 6.92 Å². The van der Waals surface area contributed by atoms with Crippen LogP contribution in [0.15, 0.2) is 6.20 Å². The monoisotopic (exact) mass is 252 g/mol. The van der Waals surface area contributed by atoms with E-state index in [0.29, 0.717) is 6.04 Å². The first-order chi connectivity index (χ1) is 8.20. The Kier molecular flexibility index (Phi) is 2.76. The van der Waals surface area contributed by atoms with Crippen molar-refractivity contribution in [1.82, 2.24) is 14.6 Å². The number of rotatable bonds is 2. The van der Waals surface area contributed by atoms with Gasteiger partial charge >= 0.3 is 0 Å². The molecule has 1 fully saturated rings. The van der Waals surface area contributed by atoms with Gasteiger partial charge in [-0.15, -0.1) is 5.10 Å². The van der Waals surface area contributed by atoms with Crippen molar-refractivity contribution >= 4 is 21.4 Å². The third kappa shape index (κ3) is 2.28. The predicted molar refractivity (Wildman–Crippen MR) is 67.5 cm³/mol. The Morgan fingerprint density at radius 2 is 2.18 bits per heavy atom. The first-order valence-corrected chi connectivity index (χ1v) is 6.80. The average molecular weight is 252 g/mol. The Morgan fingerprint density at radius 3 is 2.88 bits per heavy atom. The van der Waals surface area contributed by atoms with Gasteiger partial charge in [-0.3, -0.25) is 0 Å². The first-order valence-electron chi connectivity index (χ1n) is 5.98. The van der Waals surface area contributed by atoms with E-state index in [1.165, 1.54) is 0 Å². The fraction of sp³-hybridized carbons (Fsp3) is 0.636. The Balaban J connectivity index is 1.70. The second-order valence-corrected chi connectivity index (χ2v) is 5.62. The molecule has 2 aromatic rings. The number of aliphatic hydroxyl groups excluding tert-OH is 1. The fourth-order valence-electron chi connectivity index (χ4n) is 2.26. The van der Waals surface area contributed by atoms with Crippen molar-refractivity contribution in [3.63, 3.8) is 0 Å². The van der Waals surface area contributed by atoms with Crippen LogP contribution in [-0.2, 0) is 0 Å². The fourth-order valence-corrected chi connectivity index (χ4v) is 3.17. The number of aromatic nitrogens is 3. The summed E-state index contributed by atoms with van der Waals surface area (Å²) in [5.41, 5.74) is 0.996. The van der Waals surface area contributed by atoms with Gasteiger partial charge in [-0.25, -0.2) is 9.50 Å². The van der Waals surface area contributed by atoms with Gasteiger partial charge in [0.25, 0.3) is 0 Å². The van der Waals surface area contributed by atoms with Gasteiger partial charge in [-0.05, 0) is 32.6 Å². The zero-order valence-electron chi connectivity index (χ0n) is 9.76. The minimum Gasteiger partial charge on any atom is -0.393 e. The highest BCUT2D eigenvalue weighted by Gasteiger charge is 2.20. The highest BCUT2D eigenvalue weighted by molar-refractivity contribution is 7.20. The van der Waals surface area contributed by atoms with E-state index in [-0.39, 0.29) is 6.10 Å². The summed E-state index contributed by atoms with van der Waals surface area (Å²) < 4.78 is 1.82. The number of aliphatic hydroxyl groups is 1. The minimum absolute atomic E-state index is 0.107. The maximum Gasteiger partial charge on any atom is 0.214 e. The summed E-state index contributed by atoms with van der Waals surface area (Å²) in [6, 6.07) is 0.440. The summed E-state index contributed by atoms with van der Waals surface area (Å²) in [4.78, 5) is 5.31. The zero-order valence-corrected chi connectivity index (χ0v) is 10.6. The average Bonchev–Trinajstić information content (AvgIpc) is 2.78. The molecule has 0 radical (unpaired) electrons. The topological polar surface area (TPSA) is 62.5 Å². The van der Waals surface area contributed by atoms with Gasteiger partial charge in [0.05, 0.1) is 18.0 Å². The third-order valence-corrected chi connectivity index (χ3v) is 4.04. The lowest BCUT2D eigenvalue weighted by Gasteiger charge is -2.25. The van der Waals surface area contributed by atoms with Crippen molar-refractivity contribution in [2.75, 3.05) is 5.32 Å². The van der Waals surface area contributed by atoms with E-state index in [1.807, 2.05) is 17.6 Å². The van der Waals surface area contributed by atoms with Crippen LogP contribution in [0.25, 0.3) is 4.96 Å². The van der Waals surface area contributed by atoms with E-state index in [1.54, 1.807) is 11.3 Å². The van der Waals surface area contributed by atoms with Gasteiger partial charge < -0.3 is 10.4 Å². The zero-order chi connectivity index (χ0) is 11.8. The van der Waals surface area contributed by atoms with Crippen LogP contribution in [0.3, 0.4) is 0 Å². The highest BCUT2D eigenvalue weighted by atomic mass is 32.1. The lowest BCUT2D eigenvalue weighted by atomic mass is 9.93. The number of fused-ring (bicyclic) bond motifs is 1. The standard InChI is InChI=1S/C11H16N4OS/c1-7-6-15-11(12-7)17-10(14-15)13-8-2-4-9(16)5-3-8/h6,8-9,16H,2-5H2,1H3,(H,13,14). The van der Waals surface area contributed by atoms with E-state index in [2.05, 4.69) is 15.4 Å². The normalized spacial score (nSPS) is 25.3. The Morgan fingerprint density at radius 1 is 1.41 bits per heavy atom. The van der Waals surface area contributed by atoms with E-state index in [4.69, 9.17) is 0 Å². The molecule has 2 N–H and O–H groups in total. The second-order valence-electron chi connectivity index (χ2n) is 4.67. The Bertz CT molecular complexity index is 481. The Labute approximate surface area is 103 Å². The molecular weight excluding hydrogens is 236 g/mol. The molecule has 3 rings (SSSR count). The Hall–Kier alpha value is -1.14. The largest absolute Gasteiger partial charge is 0.393 e. The maximum absolute atomic E-state index is 9.45. The summed E-state index contributed by atoms with van der Waals surface area (Å²) in [6.07, 6.45) is 5.63. The molecule has 0 bridgehead atoms. The van der Waals surface area contributed by atoms with Gasteiger partial charge in [0.15, 0.2) is 0 Å². The van der Waals surface area contributed by atoms with E-state index in [0.717, 1.165) is 41.5 Å². The van der Waals surface area contributed by atoms with Crippen molar-refractivity contribution in [2.24, 2.45) is 0 Å². The molecule has 0 unspecified atom stereocenters. The minimum atomic E-state index is -0.107. The molecule has 2 heterocycles. The van der Waals surface area contributed by atoms with Crippen molar-refractivity contribution in [1.29, 1.82) is 0 Å². The molecule has 1 saturated carbocycles. The molecule has 6 heteroatoms. The lowest BCUT2D eigenvalue weighted by molar-refractivity contribution is 0.126. The second kappa shape index (κ2) is 4.27. The van der Waals surface area contributed by atoms with E-state index < -0.39 is 0 Å². The van der Waals surface area contributed by atoms with Gasteiger partial charge in [0, 0.05) is 6.04 Å². The molecule has 0 atom stereocenters. The molecule has 0 saturated heterocycles. The number of anilines is 1. The van der Waals surface area contributed by atoms with Crippen LogP contribution in [0.1, 0.15) is 31.4 Å². The maximum atomic E-state index is 9.45. The molecule has 0 aromatic carbocycles. The van der Waals surface area contributed by atoms with Crippen LogP contribution in [-0.4, -0.2) is 31.9 Å². The van der Waals surface area contributed by atoms with Crippen molar-refractivity contribution in [3.05, 3.63) is 11.9 Å². The van der Waals surface area contributed by atoms with Gasteiger partial charge in [0.2, 0.25) is 10.1 Å². The van der Waals surface area contributed by atoms with E-state index in [9.17, 15) is 5.11 Å². The van der Waals surface area contributed by atoms with Crippen molar-refractivity contribution < 1.29 is 5.11 Å². The molecular formula is C11H16N4OS. The number of hydrogen-bond donors (Lipinski definition) is 2. The summed E-state index contributed by atoms with van der Waals surface area (Å²) in [7, 11) is 0. The summed E-state index contributed by atoms with van der Waals surface area (Å²) in [5, 5.41) is 18.3. The number of imidazole rings is 1. The molecule has 5 nitrogen and oxygen atoms in total. The lowest BCUT2D eigenvalue weighted by Crippen LogP contribution is -2.28. The molecule has 0 spiro atoms. The quantitative estimate of drug-likeness (QED) is 0.855. The molecule has 2 aromatic heterocycles. The SMILES string of the molecule is Cc1cn2nc(NC3CCC(O)CC3)sc2n1. The smallest absolute Gasteiger partial charge is 0.214 e. The van der Waals surface area contributed by atoms with Crippen molar-refractivity contribution in [3.8, 4) is 0 Å². The molecule has 1 aliphatic rings.